The summed E-state index contributed by atoms with van der Waals surface area (Å²) in [4.78, 5) is 48.8. The van der Waals surface area contributed by atoms with E-state index in [9.17, 15) is 19.2 Å². The molecule has 4 amide bonds. The summed E-state index contributed by atoms with van der Waals surface area (Å²) in [7, 11) is 0. The van der Waals surface area contributed by atoms with Crippen LogP contribution < -0.4 is 10.6 Å². The molecule has 0 unspecified atom stereocenters. The van der Waals surface area contributed by atoms with Crippen LogP contribution in [-0.4, -0.2) is 46.9 Å². The normalized spacial score (nSPS) is 16.7. The van der Waals surface area contributed by atoms with E-state index in [1.54, 1.807) is 38.1 Å². The molecule has 1 aromatic rings. The summed E-state index contributed by atoms with van der Waals surface area (Å²) in [5.74, 6) is -1.39. The third-order valence-electron chi connectivity index (χ3n) is 4.00. The number of rotatable bonds is 7. The standard InChI is InChI=1S/C18H22ClN3O5/c1-11(15(24)20-13-8-6-12(19)7-9-13)27-14(23)5-4-10-22-16(25)18(2,3)21-17(22)26/h6-9,11H,4-5,10H2,1-3H3,(H,20,24)(H,21,26)/t11-/m0/s1. The number of urea groups is 1. The maximum absolute atomic E-state index is 12.0. The van der Waals surface area contributed by atoms with E-state index in [2.05, 4.69) is 10.6 Å². The number of nitrogens with one attached hydrogen (secondary N) is 2. The van der Waals surface area contributed by atoms with Gasteiger partial charge >= 0.3 is 12.0 Å². The van der Waals surface area contributed by atoms with Gasteiger partial charge in [-0.1, -0.05) is 11.6 Å². The molecule has 27 heavy (non-hydrogen) atoms. The molecule has 0 saturated carbocycles. The van der Waals surface area contributed by atoms with E-state index >= 15 is 0 Å². The average Bonchev–Trinajstić information content (AvgIpc) is 2.78. The van der Waals surface area contributed by atoms with Gasteiger partial charge in [-0.25, -0.2) is 4.79 Å². The van der Waals surface area contributed by atoms with Crippen molar-refractivity contribution in [2.24, 2.45) is 0 Å². The van der Waals surface area contributed by atoms with Crippen LogP contribution in [0, 0.1) is 0 Å². The monoisotopic (exact) mass is 395 g/mol. The first-order valence-corrected chi connectivity index (χ1v) is 8.88. The lowest BCUT2D eigenvalue weighted by Crippen LogP contribution is -2.40. The fourth-order valence-corrected chi connectivity index (χ4v) is 2.62. The van der Waals surface area contributed by atoms with Crippen molar-refractivity contribution in [1.29, 1.82) is 0 Å². The highest BCUT2D eigenvalue weighted by Crippen LogP contribution is 2.17. The molecule has 2 rings (SSSR count). The number of imide groups is 1. The van der Waals surface area contributed by atoms with Gasteiger partial charge in [-0.2, -0.15) is 0 Å². The number of amides is 4. The SMILES string of the molecule is C[C@H](OC(=O)CCCN1C(=O)NC(C)(C)C1=O)C(=O)Nc1ccc(Cl)cc1. The summed E-state index contributed by atoms with van der Waals surface area (Å²) in [5, 5.41) is 5.72. The lowest BCUT2D eigenvalue weighted by molar-refractivity contribution is -0.153. The predicted molar refractivity (Wildman–Crippen MR) is 99.2 cm³/mol. The largest absolute Gasteiger partial charge is 0.453 e. The molecule has 0 aromatic heterocycles. The summed E-state index contributed by atoms with van der Waals surface area (Å²) >= 11 is 5.78. The lowest BCUT2D eigenvalue weighted by atomic mass is 10.1. The molecule has 2 N–H and O–H groups in total. The molecule has 1 aliphatic heterocycles. The highest BCUT2D eigenvalue weighted by atomic mass is 35.5. The smallest absolute Gasteiger partial charge is 0.325 e. The molecule has 0 aliphatic carbocycles. The van der Waals surface area contributed by atoms with Crippen molar-refractivity contribution >= 4 is 41.1 Å². The van der Waals surface area contributed by atoms with Crippen LogP contribution >= 0.6 is 11.6 Å². The molecule has 1 heterocycles. The van der Waals surface area contributed by atoms with Crippen molar-refractivity contribution in [3.8, 4) is 0 Å². The van der Waals surface area contributed by atoms with Crippen molar-refractivity contribution in [3.05, 3.63) is 29.3 Å². The molecule has 1 saturated heterocycles. The van der Waals surface area contributed by atoms with Crippen LogP contribution in [-0.2, 0) is 19.1 Å². The van der Waals surface area contributed by atoms with E-state index in [4.69, 9.17) is 16.3 Å². The summed E-state index contributed by atoms with van der Waals surface area (Å²) in [6.07, 6.45) is -0.751. The molecule has 8 nitrogen and oxygen atoms in total. The van der Waals surface area contributed by atoms with Gasteiger partial charge in [-0.3, -0.25) is 19.3 Å². The Balaban J connectivity index is 1.75. The summed E-state index contributed by atoms with van der Waals surface area (Å²) in [6, 6.07) is 6.05. The first-order valence-electron chi connectivity index (χ1n) is 8.50. The van der Waals surface area contributed by atoms with Crippen LogP contribution in [0.3, 0.4) is 0 Å². The number of carbonyl (C=O) groups excluding carboxylic acids is 4. The number of nitrogens with zero attached hydrogens (tertiary/aromatic N) is 1. The number of halogens is 1. The van der Waals surface area contributed by atoms with Gasteiger partial charge in [-0.05, 0) is 51.5 Å². The van der Waals surface area contributed by atoms with Gasteiger partial charge in [0.05, 0.1) is 0 Å². The number of esters is 1. The van der Waals surface area contributed by atoms with Gasteiger partial charge in [0.15, 0.2) is 6.10 Å². The fraction of sp³-hybridized carbons (Fsp3) is 0.444. The van der Waals surface area contributed by atoms with E-state index in [0.29, 0.717) is 10.7 Å². The van der Waals surface area contributed by atoms with Crippen LogP contribution in [0.15, 0.2) is 24.3 Å². The maximum Gasteiger partial charge on any atom is 0.325 e. The molecule has 0 radical (unpaired) electrons. The Morgan fingerprint density at radius 1 is 1.26 bits per heavy atom. The van der Waals surface area contributed by atoms with Crippen LogP contribution in [0.5, 0.6) is 0 Å². The molecule has 9 heteroatoms. The highest BCUT2D eigenvalue weighted by molar-refractivity contribution is 6.30. The summed E-state index contributed by atoms with van der Waals surface area (Å²) in [6.45, 7) is 4.79. The zero-order valence-corrected chi connectivity index (χ0v) is 16.1. The van der Waals surface area contributed by atoms with E-state index < -0.39 is 29.6 Å². The second-order valence-electron chi connectivity index (χ2n) is 6.74. The zero-order chi connectivity index (χ0) is 20.2. The van der Waals surface area contributed by atoms with Gasteiger partial charge in [0.1, 0.15) is 5.54 Å². The van der Waals surface area contributed by atoms with Crippen molar-refractivity contribution in [2.75, 3.05) is 11.9 Å². The average molecular weight is 396 g/mol. The number of benzene rings is 1. The van der Waals surface area contributed by atoms with Gasteiger partial charge in [0.2, 0.25) is 0 Å². The minimum atomic E-state index is -0.983. The lowest BCUT2D eigenvalue weighted by Gasteiger charge is -2.16. The van der Waals surface area contributed by atoms with E-state index in [1.807, 2.05) is 0 Å². The van der Waals surface area contributed by atoms with Crippen molar-refractivity contribution in [1.82, 2.24) is 10.2 Å². The van der Waals surface area contributed by atoms with Crippen LogP contribution in [0.4, 0.5) is 10.5 Å². The van der Waals surface area contributed by atoms with Gasteiger partial charge in [0.25, 0.3) is 11.8 Å². The fourth-order valence-electron chi connectivity index (χ4n) is 2.49. The van der Waals surface area contributed by atoms with Crippen molar-refractivity contribution < 1.29 is 23.9 Å². The Bertz CT molecular complexity index is 748. The molecule has 146 valence electrons. The zero-order valence-electron chi connectivity index (χ0n) is 15.4. The minimum absolute atomic E-state index is 0.0178. The minimum Gasteiger partial charge on any atom is -0.453 e. The molecular formula is C18H22ClN3O5. The van der Waals surface area contributed by atoms with Gasteiger partial charge < -0.3 is 15.4 Å². The molecule has 1 fully saturated rings. The maximum atomic E-state index is 12.0. The van der Waals surface area contributed by atoms with Gasteiger partial charge in [-0.15, -0.1) is 0 Å². The predicted octanol–water partition coefficient (Wildman–Crippen LogP) is 2.32. The van der Waals surface area contributed by atoms with Gasteiger partial charge in [0, 0.05) is 23.7 Å². The summed E-state index contributed by atoms with van der Waals surface area (Å²) in [5.41, 5.74) is -0.403. The highest BCUT2D eigenvalue weighted by Gasteiger charge is 2.43. The Morgan fingerprint density at radius 3 is 2.44 bits per heavy atom. The quantitative estimate of drug-likeness (QED) is 0.544. The second kappa shape index (κ2) is 8.39. The Labute approximate surface area is 162 Å². The van der Waals surface area contributed by atoms with E-state index in [0.717, 1.165) is 4.90 Å². The number of ether oxygens (including phenoxy) is 1. The molecule has 0 spiro atoms. The summed E-state index contributed by atoms with van der Waals surface area (Å²) < 4.78 is 5.09. The van der Waals surface area contributed by atoms with Crippen molar-refractivity contribution in [3.63, 3.8) is 0 Å². The molecule has 1 atom stereocenters. The number of carbonyl (C=O) groups is 4. The van der Waals surface area contributed by atoms with Crippen molar-refractivity contribution in [2.45, 2.75) is 45.3 Å². The van der Waals surface area contributed by atoms with Crippen LogP contribution in [0.1, 0.15) is 33.6 Å². The Hall–Kier alpha value is -2.61. The van der Waals surface area contributed by atoms with E-state index in [-0.39, 0.29) is 25.3 Å². The number of hydrogen-bond donors (Lipinski definition) is 2. The van der Waals surface area contributed by atoms with E-state index in [1.165, 1.54) is 6.92 Å². The molecule has 1 aliphatic rings. The first-order chi connectivity index (χ1) is 12.6. The molecule has 1 aromatic carbocycles. The molecular weight excluding hydrogens is 374 g/mol. The third kappa shape index (κ3) is 5.43. The molecule has 0 bridgehead atoms. The van der Waals surface area contributed by atoms with Crippen LogP contribution in [0.2, 0.25) is 5.02 Å². The Kier molecular flexibility index (Phi) is 6.43. The third-order valence-corrected chi connectivity index (χ3v) is 4.25. The first kappa shape index (κ1) is 20.7. The van der Waals surface area contributed by atoms with Crippen LogP contribution in [0.25, 0.3) is 0 Å². The topological polar surface area (TPSA) is 105 Å². The Morgan fingerprint density at radius 2 is 1.89 bits per heavy atom. The number of hydrogen-bond acceptors (Lipinski definition) is 5. The number of anilines is 1. The second-order valence-corrected chi connectivity index (χ2v) is 7.18.